The van der Waals surface area contributed by atoms with Gasteiger partial charge in [0.15, 0.2) is 0 Å². The maximum Gasteiger partial charge on any atom is 0.416 e. The van der Waals surface area contributed by atoms with E-state index in [-0.39, 0.29) is 45.1 Å². The van der Waals surface area contributed by atoms with Gasteiger partial charge in [-0.15, -0.1) is 0 Å². The molecule has 4 rings (SSSR count). The highest BCUT2D eigenvalue weighted by molar-refractivity contribution is 6.05. The SMILES string of the molecule is Nc1c(C(=O)O)ccc(N2c3c(cccc3C(=O)O)NC2c2ccccc2C(F)(F)F)c1N. The van der Waals surface area contributed by atoms with Crippen LogP contribution >= 0.6 is 0 Å². The summed E-state index contributed by atoms with van der Waals surface area (Å²) in [7, 11) is 0. The van der Waals surface area contributed by atoms with Crippen molar-refractivity contribution in [2.45, 2.75) is 12.3 Å². The van der Waals surface area contributed by atoms with Crippen LogP contribution in [-0.4, -0.2) is 22.2 Å². The Morgan fingerprint density at radius 1 is 0.879 bits per heavy atom. The summed E-state index contributed by atoms with van der Waals surface area (Å²) in [6.07, 6.45) is -5.90. The van der Waals surface area contributed by atoms with Gasteiger partial charge >= 0.3 is 18.1 Å². The first-order chi connectivity index (χ1) is 15.5. The van der Waals surface area contributed by atoms with Crippen LogP contribution in [0.4, 0.5) is 41.6 Å². The number of nitrogen functional groups attached to an aromatic ring is 2. The summed E-state index contributed by atoms with van der Waals surface area (Å²) in [5.41, 5.74) is 10.3. The Balaban J connectivity index is 2.01. The van der Waals surface area contributed by atoms with E-state index in [1.54, 1.807) is 0 Å². The number of nitrogens with two attached hydrogens (primary N) is 2. The van der Waals surface area contributed by atoms with Crippen molar-refractivity contribution in [2.75, 3.05) is 21.7 Å². The maximum absolute atomic E-state index is 13.8. The first kappa shape index (κ1) is 21.8. The topological polar surface area (TPSA) is 142 Å². The van der Waals surface area contributed by atoms with E-state index in [1.165, 1.54) is 47.4 Å². The second-order valence-corrected chi connectivity index (χ2v) is 7.27. The van der Waals surface area contributed by atoms with E-state index in [0.717, 1.165) is 12.1 Å². The smallest absolute Gasteiger partial charge is 0.416 e. The Bertz CT molecular complexity index is 1290. The number of alkyl halides is 3. The minimum atomic E-state index is -4.69. The number of rotatable bonds is 4. The highest BCUT2D eigenvalue weighted by Crippen LogP contribution is 2.52. The molecule has 0 aliphatic carbocycles. The van der Waals surface area contributed by atoms with Crippen LogP contribution in [0.15, 0.2) is 54.6 Å². The van der Waals surface area contributed by atoms with E-state index >= 15 is 0 Å². The number of carbonyl (C=O) groups is 2. The molecule has 1 aliphatic heterocycles. The second kappa shape index (κ2) is 7.62. The predicted molar refractivity (Wildman–Crippen MR) is 116 cm³/mol. The Morgan fingerprint density at radius 2 is 1.55 bits per heavy atom. The van der Waals surface area contributed by atoms with Crippen molar-refractivity contribution in [1.82, 2.24) is 0 Å². The molecule has 0 spiro atoms. The zero-order chi connectivity index (χ0) is 24.1. The number of carboxylic acids is 2. The number of aromatic carboxylic acids is 2. The minimum Gasteiger partial charge on any atom is -0.478 e. The van der Waals surface area contributed by atoms with Gasteiger partial charge in [-0.2, -0.15) is 13.2 Å². The number of nitrogens with one attached hydrogen (secondary N) is 1. The van der Waals surface area contributed by atoms with E-state index in [0.29, 0.717) is 0 Å². The molecule has 1 unspecified atom stereocenters. The van der Waals surface area contributed by atoms with Gasteiger partial charge in [0.25, 0.3) is 0 Å². The van der Waals surface area contributed by atoms with Crippen molar-refractivity contribution < 1.29 is 33.0 Å². The predicted octanol–water partition coefficient (Wildman–Crippen LogP) is 4.53. The number of para-hydroxylation sites is 1. The monoisotopic (exact) mass is 458 g/mol. The first-order valence-electron chi connectivity index (χ1n) is 9.51. The third-order valence-corrected chi connectivity index (χ3v) is 5.37. The fourth-order valence-corrected chi connectivity index (χ4v) is 3.92. The zero-order valence-electron chi connectivity index (χ0n) is 16.7. The summed E-state index contributed by atoms with van der Waals surface area (Å²) in [6, 6.07) is 11.6. The fourth-order valence-electron chi connectivity index (χ4n) is 3.92. The van der Waals surface area contributed by atoms with Crippen LogP contribution in [0.5, 0.6) is 0 Å². The largest absolute Gasteiger partial charge is 0.478 e. The van der Waals surface area contributed by atoms with Crippen LogP contribution < -0.4 is 21.7 Å². The molecule has 1 aliphatic rings. The second-order valence-electron chi connectivity index (χ2n) is 7.27. The Morgan fingerprint density at radius 3 is 2.18 bits per heavy atom. The molecule has 33 heavy (non-hydrogen) atoms. The number of anilines is 5. The van der Waals surface area contributed by atoms with Crippen molar-refractivity contribution in [3.05, 3.63) is 76.9 Å². The van der Waals surface area contributed by atoms with Crippen LogP contribution in [-0.2, 0) is 6.18 Å². The lowest BCUT2D eigenvalue weighted by Crippen LogP contribution is -2.28. The van der Waals surface area contributed by atoms with E-state index in [9.17, 15) is 33.0 Å². The number of carboxylic acid groups (broad SMARTS) is 2. The molecule has 0 saturated heterocycles. The van der Waals surface area contributed by atoms with Gasteiger partial charge in [0, 0.05) is 5.56 Å². The summed E-state index contributed by atoms with van der Waals surface area (Å²) < 4.78 is 41.4. The molecule has 0 amide bonds. The lowest BCUT2D eigenvalue weighted by molar-refractivity contribution is -0.138. The highest BCUT2D eigenvalue weighted by atomic mass is 19.4. The number of hydrogen-bond acceptors (Lipinski definition) is 6. The molecule has 1 atom stereocenters. The number of benzene rings is 3. The number of nitrogens with zero attached hydrogens (tertiary/aromatic N) is 1. The number of halogens is 3. The van der Waals surface area contributed by atoms with Crippen molar-refractivity contribution in [3.63, 3.8) is 0 Å². The van der Waals surface area contributed by atoms with Crippen molar-refractivity contribution in [1.29, 1.82) is 0 Å². The molecule has 0 saturated carbocycles. The summed E-state index contributed by atoms with van der Waals surface area (Å²) >= 11 is 0. The zero-order valence-corrected chi connectivity index (χ0v) is 16.7. The molecule has 0 bridgehead atoms. The Kier molecular flexibility index (Phi) is 5.04. The van der Waals surface area contributed by atoms with E-state index in [1.807, 2.05) is 0 Å². The molecule has 3 aromatic rings. The van der Waals surface area contributed by atoms with Gasteiger partial charge in [-0.3, -0.25) is 0 Å². The average molecular weight is 458 g/mol. The van der Waals surface area contributed by atoms with Crippen LogP contribution in [0.1, 0.15) is 38.0 Å². The van der Waals surface area contributed by atoms with Gasteiger partial charge in [-0.1, -0.05) is 24.3 Å². The Labute approximate surface area is 184 Å². The molecule has 3 aromatic carbocycles. The normalized spacial score (nSPS) is 15.1. The van der Waals surface area contributed by atoms with Gasteiger partial charge in [-0.05, 0) is 30.3 Å². The molecule has 0 radical (unpaired) electrons. The number of hydrogen-bond donors (Lipinski definition) is 5. The third kappa shape index (κ3) is 3.53. The average Bonchev–Trinajstić information content (AvgIpc) is 3.14. The van der Waals surface area contributed by atoms with Gasteiger partial charge in [-0.25, -0.2) is 9.59 Å². The van der Waals surface area contributed by atoms with E-state index in [2.05, 4.69) is 5.32 Å². The van der Waals surface area contributed by atoms with Gasteiger partial charge in [0.2, 0.25) is 0 Å². The summed E-state index contributed by atoms with van der Waals surface area (Å²) in [4.78, 5) is 24.7. The lowest BCUT2D eigenvalue weighted by Gasteiger charge is -2.31. The van der Waals surface area contributed by atoms with Crippen LogP contribution in [0.2, 0.25) is 0 Å². The lowest BCUT2D eigenvalue weighted by atomic mass is 10.0. The fraction of sp³-hybridized carbons (Fsp3) is 0.0909. The van der Waals surface area contributed by atoms with Gasteiger partial charge in [0.05, 0.1) is 45.1 Å². The number of fused-ring (bicyclic) bond motifs is 1. The molecule has 1 heterocycles. The van der Waals surface area contributed by atoms with Crippen molar-refractivity contribution in [3.8, 4) is 0 Å². The minimum absolute atomic E-state index is 0.0550. The third-order valence-electron chi connectivity index (χ3n) is 5.37. The highest BCUT2D eigenvalue weighted by Gasteiger charge is 2.41. The molecule has 7 N–H and O–H groups in total. The standard InChI is InChI=1S/C22H17F3N4O4/c23-22(24,25)13-6-2-1-4-10(13)19-28-14-7-3-5-12(21(32)33)18(14)29(19)15-9-8-11(20(30)31)16(26)17(15)27/h1-9,19,28H,26-27H2,(H,30,31)(H,32,33). The molecular formula is C22H17F3N4O4. The Hall–Kier alpha value is -4.41. The van der Waals surface area contributed by atoms with E-state index in [4.69, 9.17) is 11.5 Å². The van der Waals surface area contributed by atoms with Crippen LogP contribution in [0, 0.1) is 0 Å². The van der Waals surface area contributed by atoms with Crippen molar-refractivity contribution >= 4 is 40.4 Å². The van der Waals surface area contributed by atoms with E-state index < -0.39 is 29.8 Å². The molecule has 11 heteroatoms. The van der Waals surface area contributed by atoms with Crippen LogP contribution in [0.3, 0.4) is 0 Å². The molecule has 0 aromatic heterocycles. The quantitative estimate of drug-likeness (QED) is 0.359. The summed E-state index contributed by atoms with van der Waals surface area (Å²) in [5.74, 6) is -2.65. The molecule has 8 nitrogen and oxygen atoms in total. The maximum atomic E-state index is 13.8. The molecule has 0 fully saturated rings. The molecule has 170 valence electrons. The summed E-state index contributed by atoms with van der Waals surface area (Å²) in [5, 5.41) is 22.0. The van der Waals surface area contributed by atoms with Gasteiger partial charge < -0.3 is 31.9 Å². The first-order valence-corrected chi connectivity index (χ1v) is 9.51. The molecular weight excluding hydrogens is 441 g/mol. The van der Waals surface area contributed by atoms with Gasteiger partial charge in [0.1, 0.15) is 6.17 Å². The van der Waals surface area contributed by atoms with Crippen molar-refractivity contribution in [2.24, 2.45) is 0 Å². The summed E-state index contributed by atoms with van der Waals surface area (Å²) in [6.45, 7) is 0. The van der Waals surface area contributed by atoms with Crippen LogP contribution in [0.25, 0.3) is 0 Å².